The predicted octanol–water partition coefficient (Wildman–Crippen LogP) is 4.43. The van der Waals surface area contributed by atoms with Gasteiger partial charge in [-0.05, 0) is 0 Å². The molecule has 0 saturated carbocycles. The first-order valence-electron chi connectivity index (χ1n) is 8.67. The molecule has 0 N–H and O–H groups in total. The Bertz CT molecular complexity index is 401. The molecule has 1 rings (SSSR count). The van der Waals surface area contributed by atoms with Crippen LogP contribution in [0.3, 0.4) is 0 Å². The normalized spacial score (nSPS) is 11.9. The minimum absolute atomic E-state index is 0.990. The van der Waals surface area contributed by atoms with Crippen LogP contribution in [-0.4, -0.2) is 23.4 Å². The van der Waals surface area contributed by atoms with Crippen LogP contribution in [0.1, 0.15) is 65.1 Å². The van der Waals surface area contributed by atoms with E-state index in [0.717, 1.165) is 5.82 Å². The van der Waals surface area contributed by atoms with Gasteiger partial charge in [-0.25, -0.2) is 0 Å². The Labute approximate surface area is 141 Å². The Kier molecular flexibility index (Phi) is 9.26. The summed E-state index contributed by atoms with van der Waals surface area (Å²) in [5.41, 5.74) is 0. The molecule has 120 valence electrons. The van der Waals surface area contributed by atoms with Crippen molar-refractivity contribution in [2.45, 2.75) is 79.5 Å². The maximum atomic E-state index is 4.61. The van der Waals surface area contributed by atoms with Gasteiger partial charge in [0.05, 0.1) is 0 Å². The summed E-state index contributed by atoms with van der Waals surface area (Å²) in [4.78, 5) is 4.61. The van der Waals surface area contributed by atoms with Gasteiger partial charge in [-0.2, -0.15) is 0 Å². The van der Waals surface area contributed by atoms with Crippen molar-refractivity contribution in [1.82, 2.24) is 4.98 Å². The molecular formula is C17H33N2SSn+. The van der Waals surface area contributed by atoms with E-state index in [4.69, 9.17) is 0 Å². The van der Waals surface area contributed by atoms with E-state index in [9.17, 15) is 0 Å². The molecular weight excluding hydrogens is 383 g/mol. The van der Waals surface area contributed by atoms with Crippen LogP contribution in [0.15, 0.2) is 12.4 Å². The molecule has 0 aliphatic carbocycles. The third-order valence-electron chi connectivity index (χ3n) is 4.62. The monoisotopic (exact) mass is 417 g/mol. The molecule has 1 aromatic heterocycles. The van der Waals surface area contributed by atoms with Crippen LogP contribution in [-0.2, 0) is 0 Å². The third kappa shape index (κ3) is 5.74. The molecule has 2 nitrogen and oxygen atoms in total. The summed E-state index contributed by atoms with van der Waals surface area (Å²) in [5.74, 6) is 0.990. The van der Waals surface area contributed by atoms with Crippen LogP contribution in [0.25, 0.3) is 0 Å². The maximum absolute atomic E-state index is 4.61. The van der Waals surface area contributed by atoms with Gasteiger partial charge < -0.3 is 0 Å². The molecule has 0 amide bonds. The first-order valence-corrected chi connectivity index (χ1v) is 16.6. The molecule has 1 heterocycles. The SMILES string of the molecule is CCC[CH2][Sn]([CH2]CCC)([CH2]CCC)[c]1cnc(C)[n+](S)c1. The molecule has 1 aromatic rings. The van der Waals surface area contributed by atoms with Gasteiger partial charge in [0.1, 0.15) is 0 Å². The number of unbranched alkanes of at least 4 members (excludes halogenated alkanes) is 3. The summed E-state index contributed by atoms with van der Waals surface area (Å²) in [6, 6.07) is 0. The van der Waals surface area contributed by atoms with Crippen LogP contribution < -0.4 is 7.55 Å². The summed E-state index contributed by atoms with van der Waals surface area (Å²) in [7, 11) is 0. The number of aryl methyl sites for hydroxylation is 1. The third-order valence-corrected chi connectivity index (χ3v) is 20.5. The second kappa shape index (κ2) is 10.1. The quantitative estimate of drug-likeness (QED) is 0.339. The van der Waals surface area contributed by atoms with E-state index >= 15 is 0 Å². The molecule has 21 heavy (non-hydrogen) atoms. The first-order chi connectivity index (χ1) is 10.1. The molecule has 0 saturated heterocycles. The van der Waals surface area contributed by atoms with Crippen molar-refractivity contribution in [3.05, 3.63) is 18.2 Å². The van der Waals surface area contributed by atoms with E-state index in [1.165, 1.54) is 51.8 Å². The van der Waals surface area contributed by atoms with Gasteiger partial charge in [0, 0.05) is 0 Å². The Balaban J connectivity index is 3.12. The fourth-order valence-corrected chi connectivity index (χ4v) is 19.1. The van der Waals surface area contributed by atoms with Crippen molar-refractivity contribution >= 4 is 34.8 Å². The molecule has 0 atom stereocenters. The van der Waals surface area contributed by atoms with E-state index in [2.05, 4.69) is 51.0 Å². The van der Waals surface area contributed by atoms with Crippen molar-refractivity contribution in [1.29, 1.82) is 0 Å². The van der Waals surface area contributed by atoms with Gasteiger partial charge in [-0.3, -0.25) is 0 Å². The van der Waals surface area contributed by atoms with Gasteiger partial charge in [0.15, 0.2) is 0 Å². The van der Waals surface area contributed by atoms with Crippen molar-refractivity contribution < 1.29 is 3.97 Å². The van der Waals surface area contributed by atoms with Crippen LogP contribution >= 0.6 is 12.8 Å². The average Bonchev–Trinajstić information content (AvgIpc) is 2.50. The van der Waals surface area contributed by atoms with Crippen molar-refractivity contribution in [2.75, 3.05) is 0 Å². The summed E-state index contributed by atoms with van der Waals surface area (Å²) in [6.45, 7) is 8.99. The molecule has 4 heteroatoms. The second-order valence-electron chi connectivity index (χ2n) is 6.33. The number of nitrogens with zero attached hydrogens (tertiary/aromatic N) is 2. The number of aromatic nitrogens is 2. The summed E-state index contributed by atoms with van der Waals surface area (Å²) in [5, 5.41) is 0. The van der Waals surface area contributed by atoms with Crippen molar-refractivity contribution in [2.24, 2.45) is 0 Å². The molecule has 0 aliphatic rings. The summed E-state index contributed by atoms with van der Waals surface area (Å²) in [6.07, 6.45) is 12.6. The number of rotatable bonds is 10. The van der Waals surface area contributed by atoms with Gasteiger partial charge in [0.25, 0.3) is 0 Å². The Hall–Kier alpha value is 0.229. The molecule has 0 aliphatic heterocycles. The van der Waals surface area contributed by atoms with E-state index in [-0.39, 0.29) is 0 Å². The van der Waals surface area contributed by atoms with Crippen molar-refractivity contribution in [3.8, 4) is 0 Å². The summed E-state index contributed by atoms with van der Waals surface area (Å²) >= 11 is 2.26. The van der Waals surface area contributed by atoms with E-state index in [1.54, 1.807) is 3.58 Å². The first kappa shape index (κ1) is 19.3. The number of thiol groups is 1. The van der Waals surface area contributed by atoms with Gasteiger partial charge in [-0.1, -0.05) is 0 Å². The fraction of sp³-hybridized carbons (Fsp3) is 0.765. The van der Waals surface area contributed by atoms with Crippen LogP contribution in [0.4, 0.5) is 0 Å². The number of hydrogen-bond donors (Lipinski definition) is 1. The molecule has 0 spiro atoms. The average molecular weight is 416 g/mol. The zero-order valence-corrected chi connectivity index (χ0v) is 18.1. The van der Waals surface area contributed by atoms with Crippen molar-refractivity contribution in [3.63, 3.8) is 0 Å². The van der Waals surface area contributed by atoms with E-state index in [1.807, 2.05) is 10.9 Å². The van der Waals surface area contributed by atoms with Crippen LogP contribution in [0.5, 0.6) is 0 Å². The Morgan fingerprint density at radius 2 is 1.48 bits per heavy atom. The summed E-state index contributed by atoms with van der Waals surface area (Å²) < 4.78 is 8.00. The number of hydrogen-bond acceptors (Lipinski definition) is 2. The standard InChI is InChI=1S/C5H6N2S.3C4H9.Sn/c1-5-6-3-2-4-7(5)8;3*1-3-4-2;/h3-4,8H,1H3;3*1,3-4H2,2H3;/q+1;;;;. The molecule has 0 bridgehead atoms. The van der Waals surface area contributed by atoms with Gasteiger partial charge in [-0.15, -0.1) is 0 Å². The zero-order chi connectivity index (χ0) is 15.7. The second-order valence-corrected chi connectivity index (χ2v) is 20.0. The van der Waals surface area contributed by atoms with E-state index in [0.29, 0.717) is 0 Å². The van der Waals surface area contributed by atoms with Crippen LogP contribution in [0.2, 0.25) is 13.3 Å². The van der Waals surface area contributed by atoms with Gasteiger partial charge in [0.2, 0.25) is 0 Å². The van der Waals surface area contributed by atoms with E-state index < -0.39 is 18.4 Å². The van der Waals surface area contributed by atoms with Gasteiger partial charge >= 0.3 is 141 Å². The Morgan fingerprint density at radius 3 is 1.86 bits per heavy atom. The molecule has 0 aromatic carbocycles. The minimum atomic E-state index is -2.30. The molecule has 0 radical (unpaired) electrons. The zero-order valence-electron chi connectivity index (χ0n) is 14.4. The van der Waals surface area contributed by atoms with Crippen LogP contribution in [0, 0.1) is 6.92 Å². The topological polar surface area (TPSA) is 16.8 Å². The molecule has 0 fully saturated rings. The Morgan fingerprint density at radius 1 is 1.00 bits per heavy atom. The predicted molar refractivity (Wildman–Crippen MR) is 98.1 cm³/mol. The fourth-order valence-electron chi connectivity index (χ4n) is 3.11. The molecule has 0 unspecified atom stereocenters.